The van der Waals surface area contributed by atoms with E-state index in [1.165, 1.54) is 0 Å². The van der Waals surface area contributed by atoms with Crippen molar-refractivity contribution in [1.29, 1.82) is 0 Å². The van der Waals surface area contributed by atoms with Gasteiger partial charge in [-0.1, -0.05) is 140 Å². The molecule has 0 radical (unpaired) electrons. The van der Waals surface area contributed by atoms with E-state index in [2.05, 4.69) is 24.3 Å². The second kappa shape index (κ2) is 10.7. The molecule has 4 aromatic rings. The maximum Gasteiger partial charge on any atom is 0.162 e. The quantitative estimate of drug-likeness (QED) is 0.288. The minimum Gasteiger partial charge on any atom is -0.385 e. The molecule has 1 aliphatic carbocycles. The van der Waals surface area contributed by atoms with Crippen LogP contribution in [0.5, 0.6) is 0 Å². The molecule has 1 aliphatic rings. The summed E-state index contributed by atoms with van der Waals surface area (Å²) in [5, 5.41) is 12.2. The van der Waals surface area contributed by atoms with E-state index in [4.69, 9.17) is 0 Å². The van der Waals surface area contributed by atoms with Crippen LogP contribution in [0.1, 0.15) is 40.5 Å². The van der Waals surface area contributed by atoms with E-state index in [-0.39, 0.29) is 17.6 Å². The van der Waals surface area contributed by atoms with Gasteiger partial charge < -0.3 is 5.11 Å². The molecule has 0 aromatic heterocycles. The normalized spacial score (nSPS) is 23.9. The largest absolute Gasteiger partial charge is 0.385 e. The van der Waals surface area contributed by atoms with Gasteiger partial charge in [0, 0.05) is 5.92 Å². The van der Waals surface area contributed by atoms with Crippen molar-refractivity contribution >= 4 is 17.9 Å². The van der Waals surface area contributed by atoms with Gasteiger partial charge in [-0.2, -0.15) is 0 Å². The molecule has 2 heteroatoms. The van der Waals surface area contributed by atoms with E-state index in [0.29, 0.717) is 6.42 Å². The van der Waals surface area contributed by atoms with Crippen molar-refractivity contribution in [1.82, 2.24) is 0 Å². The van der Waals surface area contributed by atoms with Crippen molar-refractivity contribution in [2.45, 2.75) is 23.9 Å². The minimum atomic E-state index is -1.30. The van der Waals surface area contributed by atoms with Gasteiger partial charge in [-0.15, -0.1) is 0 Å². The smallest absolute Gasteiger partial charge is 0.162 e. The molecule has 5 rings (SSSR count). The molecule has 0 heterocycles. The van der Waals surface area contributed by atoms with Crippen LogP contribution in [0.15, 0.2) is 133 Å². The maximum atomic E-state index is 13.9. The lowest BCUT2D eigenvalue weighted by atomic mass is 9.76. The van der Waals surface area contributed by atoms with Crippen molar-refractivity contribution in [3.8, 4) is 0 Å². The third-order valence-electron chi connectivity index (χ3n) is 7.20. The molecule has 0 spiro atoms. The molecule has 0 amide bonds. The van der Waals surface area contributed by atoms with Gasteiger partial charge in [0.25, 0.3) is 0 Å². The van der Waals surface area contributed by atoms with Gasteiger partial charge in [0.2, 0.25) is 0 Å². The molecule has 4 aromatic carbocycles. The van der Waals surface area contributed by atoms with Crippen LogP contribution < -0.4 is 0 Å². The number of benzene rings is 4. The summed E-state index contributed by atoms with van der Waals surface area (Å²) in [6, 6.07) is 40.2. The highest BCUT2D eigenvalue weighted by Crippen LogP contribution is 2.55. The van der Waals surface area contributed by atoms with Crippen molar-refractivity contribution in [3.05, 3.63) is 156 Å². The first-order valence-corrected chi connectivity index (χ1v) is 12.5. The molecular weight excluding hydrogens is 440 g/mol. The second-order valence-corrected chi connectivity index (χ2v) is 9.52. The van der Waals surface area contributed by atoms with Crippen LogP contribution in [0.25, 0.3) is 12.2 Å². The predicted octanol–water partition coefficient (Wildman–Crippen LogP) is 7.30. The van der Waals surface area contributed by atoms with Crippen LogP contribution in [0, 0.1) is 5.92 Å². The lowest BCUT2D eigenvalue weighted by Gasteiger charge is -2.29. The van der Waals surface area contributed by atoms with Gasteiger partial charge in [-0.3, -0.25) is 4.79 Å². The van der Waals surface area contributed by atoms with E-state index in [9.17, 15) is 9.90 Å². The Labute approximate surface area is 213 Å². The monoisotopic (exact) mass is 470 g/mol. The van der Waals surface area contributed by atoms with E-state index < -0.39 is 11.5 Å². The number of hydrogen-bond acceptors (Lipinski definition) is 2. The van der Waals surface area contributed by atoms with Crippen molar-refractivity contribution in [2.75, 3.05) is 0 Å². The Bertz CT molecular complexity index is 1330. The predicted molar refractivity (Wildman–Crippen MR) is 147 cm³/mol. The SMILES string of the molecule is O=C(/C=C/c1ccccc1)[C@H]1[C@H](c2ccccc2)[C@@H](c2ccccc2)C[C@]1(O)/C=C/c1ccccc1. The first-order valence-electron chi connectivity index (χ1n) is 12.5. The third-order valence-corrected chi connectivity index (χ3v) is 7.20. The molecule has 36 heavy (non-hydrogen) atoms. The maximum absolute atomic E-state index is 13.9. The lowest BCUT2D eigenvalue weighted by Crippen LogP contribution is -2.37. The van der Waals surface area contributed by atoms with E-state index in [1.807, 2.05) is 115 Å². The van der Waals surface area contributed by atoms with Gasteiger partial charge in [-0.05, 0) is 40.7 Å². The third kappa shape index (κ3) is 5.15. The van der Waals surface area contributed by atoms with E-state index >= 15 is 0 Å². The highest BCUT2D eigenvalue weighted by Gasteiger charge is 2.54. The van der Waals surface area contributed by atoms with Gasteiger partial charge in [0.05, 0.1) is 11.5 Å². The first kappa shape index (κ1) is 23.7. The van der Waals surface area contributed by atoms with Gasteiger partial charge in [0.1, 0.15) is 0 Å². The average molecular weight is 471 g/mol. The zero-order valence-corrected chi connectivity index (χ0v) is 20.2. The van der Waals surface area contributed by atoms with Crippen molar-refractivity contribution in [3.63, 3.8) is 0 Å². The second-order valence-electron chi connectivity index (χ2n) is 9.52. The summed E-state index contributed by atoms with van der Waals surface area (Å²) in [7, 11) is 0. The van der Waals surface area contributed by atoms with Crippen LogP contribution in [-0.2, 0) is 4.79 Å². The summed E-state index contributed by atoms with van der Waals surface area (Å²) in [4.78, 5) is 13.9. The van der Waals surface area contributed by atoms with Crippen LogP contribution in [0.4, 0.5) is 0 Å². The molecule has 4 atom stereocenters. The number of carbonyl (C=O) groups excluding carboxylic acids is 1. The molecule has 1 saturated carbocycles. The number of rotatable bonds is 7. The summed E-state index contributed by atoms with van der Waals surface area (Å²) in [6.45, 7) is 0. The number of hydrogen-bond donors (Lipinski definition) is 1. The summed E-state index contributed by atoms with van der Waals surface area (Å²) >= 11 is 0. The Hall–Kier alpha value is -4.01. The Morgan fingerprint density at radius 3 is 1.69 bits per heavy atom. The Balaban J connectivity index is 1.60. The average Bonchev–Trinajstić information content (AvgIpc) is 3.26. The fraction of sp³-hybridized carbons (Fsp3) is 0.147. The summed E-state index contributed by atoms with van der Waals surface area (Å²) in [5.41, 5.74) is 2.87. The number of allylic oxidation sites excluding steroid dienone is 1. The fourth-order valence-electron chi connectivity index (χ4n) is 5.52. The Morgan fingerprint density at radius 2 is 1.14 bits per heavy atom. The minimum absolute atomic E-state index is 0.00176. The van der Waals surface area contributed by atoms with Crippen LogP contribution in [-0.4, -0.2) is 16.5 Å². The number of ketones is 1. The summed E-state index contributed by atoms with van der Waals surface area (Å²) < 4.78 is 0. The molecule has 0 bridgehead atoms. The Kier molecular flexibility index (Phi) is 7.06. The standard InChI is InChI=1S/C34H30O2/c35-31(22-21-26-13-5-1-6-14-26)33-32(29-19-11-4-12-20-29)30(28-17-9-3-10-18-28)25-34(33,36)24-23-27-15-7-2-8-16-27/h1-24,30,32-33,36H,25H2/b22-21+,24-23+/t30-,32-,33+,34-/m1/s1. The number of carbonyl (C=O) groups is 1. The van der Waals surface area contributed by atoms with E-state index in [1.54, 1.807) is 6.08 Å². The van der Waals surface area contributed by atoms with Crippen molar-refractivity contribution in [2.24, 2.45) is 5.92 Å². The molecule has 0 unspecified atom stereocenters. The van der Waals surface area contributed by atoms with E-state index in [0.717, 1.165) is 22.3 Å². The summed E-state index contributed by atoms with van der Waals surface area (Å²) in [6.07, 6.45) is 7.75. The molecule has 1 fully saturated rings. The topological polar surface area (TPSA) is 37.3 Å². The molecule has 0 aliphatic heterocycles. The van der Waals surface area contributed by atoms with Crippen LogP contribution in [0.2, 0.25) is 0 Å². The highest BCUT2D eigenvalue weighted by molar-refractivity contribution is 5.97. The lowest BCUT2D eigenvalue weighted by molar-refractivity contribution is -0.123. The Morgan fingerprint density at radius 1 is 0.667 bits per heavy atom. The zero-order chi connectivity index (χ0) is 24.8. The fourth-order valence-corrected chi connectivity index (χ4v) is 5.52. The molecule has 2 nitrogen and oxygen atoms in total. The summed E-state index contributed by atoms with van der Waals surface area (Å²) in [5.74, 6) is -0.846. The van der Waals surface area contributed by atoms with Crippen LogP contribution in [0.3, 0.4) is 0 Å². The zero-order valence-electron chi connectivity index (χ0n) is 20.2. The highest BCUT2D eigenvalue weighted by atomic mass is 16.3. The molecule has 0 saturated heterocycles. The van der Waals surface area contributed by atoms with Gasteiger partial charge >= 0.3 is 0 Å². The molecule has 1 N–H and O–H groups in total. The van der Waals surface area contributed by atoms with Crippen molar-refractivity contribution < 1.29 is 9.90 Å². The first-order chi connectivity index (χ1) is 17.6. The molecular formula is C34H30O2. The van der Waals surface area contributed by atoms with Gasteiger partial charge in [-0.25, -0.2) is 0 Å². The molecule has 178 valence electrons. The van der Waals surface area contributed by atoms with Crippen LogP contribution >= 0.6 is 0 Å². The van der Waals surface area contributed by atoms with Gasteiger partial charge in [0.15, 0.2) is 5.78 Å². The number of aliphatic hydroxyl groups is 1.